The van der Waals surface area contributed by atoms with E-state index in [1.165, 1.54) is 0 Å². The van der Waals surface area contributed by atoms with Gasteiger partial charge in [0, 0.05) is 6.04 Å². The normalized spacial score (nSPS) is 31.5. The summed E-state index contributed by atoms with van der Waals surface area (Å²) >= 11 is 6.03. The molecule has 4 aliphatic rings. The van der Waals surface area contributed by atoms with Crippen LogP contribution in [0.15, 0.2) is 0 Å². The molecule has 0 aromatic carbocycles. The molecule has 26 heavy (non-hydrogen) atoms. The van der Waals surface area contributed by atoms with E-state index in [-0.39, 0.29) is 40.6 Å². The highest BCUT2D eigenvalue weighted by Crippen LogP contribution is 2.48. The van der Waals surface area contributed by atoms with Crippen LogP contribution in [0.5, 0.6) is 0 Å². The van der Waals surface area contributed by atoms with Crippen LogP contribution in [0.4, 0.5) is 10.2 Å². The van der Waals surface area contributed by atoms with Gasteiger partial charge in [0.1, 0.15) is 5.69 Å². The number of aromatic nitrogens is 2. The van der Waals surface area contributed by atoms with Crippen LogP contribution in [0.2, 0.25) is 5.28 Å². The minimum absolute atomic E-state index is 0.0331. The average Bonchev–Trinajstić information content (AvgIpc) is 3.37. The van der Waals surface area contributed by atoms with E-state index in [1.807, 2.05) is 0 Å². The van der Waals surface area contributed by atoms with E-state index >= 15 is 4.39 Å². The predicted octanol–water partition coefficient (Wildman–Crippen LogP) is 3.00. The number of ether oxygens (including phenoxy) is 1. The van der Waals surface area contributed by atoms with Crippen molar-refractivity contribution in [1.82, 2.24) is 9.97 Å². The number of rotatable bonds is 5. The summed E-state index contributed by atoms with van der Waals surface area (Å²) in [5, 5.41) is 3.15. The fourth-order valence-corrected chi connectivity index (χ4v) is 4.78. The molecule has 0 unspecified atom stereocenters. The number of halogens is 2. The number of hydrogen-bond donors (Lipinski definition) is 2. The molecule has 8 heteroatoms. The van der Waals surface area contributed by atoms with Gasteiger partial charge >= 0.3 is 5.97 Å². The van der Waals surface area contributed by atoms with Gasteiger partial charge in [0.05, 0.1) is 18.1 Å². The zero-order valence-electron chi connectivity index (χ0n) is 14.8. The molecule has 0 saturated heterocycles. The number of hydrogen-bond acceptors (Lipinski definition) is 6. The van der Waals surface area contributed by atoms with Gasteiger partial charge in [0.2, 0.25) is 5.28 Å². The Morgan fingerprint density at radius 2 is 1.96 bits per heavy atom. The maximum Gasteiger partial charge on any atom is 0.311 e. The summed E-state index contributed by atoms with van der Waals surface area (Å²) in [7, 11) is 0. The van der Waals surface area contributed by atoms with Crippen molar-refractivity contribution in [1.29, 1.82) is 0 Å². The van der Waals surface area contributed by atoms with Gasteiger partial charge in [-0.25, -0.2) is 9.37 Å². The van der Waals surface area contributed by atoms with Gasteiger partial charge in [0.25, 0.3) is 0 Å². The van der Waals surface area contributed by atoms with Gasteiger partial charge in [-0.1, -0.05) is 0 Å². The second kappa shape index (κ2) is 6.60. The Hall–Kier alpha value is -1.47. The largest absolute Gasteiger partial charge is 0.466 e. The van der Waals surface area contributed by atoms with Gasteiger partial charge in [-0.05, 0) is 68.9 Å². The molecule has 2 atom stereocenters. The number of anilines is 1. The monoisotopic (exact) mass is 382 g/mol. The lowest BCUT2D eigenvalue weighted by Gasteiger charge is -2.47. The molecule has 142 valence electrons. The lowest BCUT2D eigenvalue weighted by molar-refractivity contribution is -0.154. The standard InChI is InChI=1S/C18H24ClFN4O2/c1-2-26-16(25)11-9-3-5-10(6-4-9)13(11)22-15-12(20)14(18(21)7-8-18)23-17(19)24-15/h9-11,13H,2-8,21H2,1H3,(H,22,23,24)/t9?,10?,11-,13-/m0/s1. The van der Waals surface area contributed by atoms with Gasteiger partial charge in [-0.2, -0.15) is 4.98 Å². The van der Waals surface area contributed by atoms with Gasteiger partial charge < -0.3 is 15.8 Å². The number of nitrogens with two attached hydrogens (primary N) is 1. The van der Waals surface area contributed by atoms with Crippen LogP contribution in [0.1, 0.15) is 51.1 Å². The molecular formula is C18H24ClFN4O2. The SMILES string of the molecule is CCOC(=O)[C@H]1C2CCC(CC2)[C@@H]1Nc1nc(Cl)nc(C2(N)CC2)c1F. The van der Waals surface area contributed by atoms with Crippen LogP contribution < -0.4 is 11.1 Å². The predicted molar refractivity (Wildman–Crippen MR) is 95.1 cm³/mol. The first kappa shape index (κ1) is 17.9. The Morgan fingerprint density at radius 1 is 1.31 bits per heavy atom. The van der Waals surface area contributed by atoms with Crippen LogP contribution in [0.3, 0.4) is 0 Å². The molecule has 2 bridgehead atoms. The van der Waals surface area contributed by atoms with E-state index in [4.69, 9.17) is 22.1 Å². The van der Waals surface area contributed by atoms with Crippen LogP contribution in [-0.4, -0.2) is 28.6 Å². The number of fused-ring (bicyclic) bond motifs is 3. The molecule has 0 amide bonds. The van der Waals surface area contributed by atoms with Crippen molar-refractivity contribution in [2.75, 3.05) is 11.9 Å². The van der Waals surface area contributed by atoms with Gasteiger partial charge in [-0.3, -0.25) is 4.79 Å². The molecule has 5 rings (SSSR count). The van der Waals surface area contributed by atoms with Gasteiger partial charge in [-0.15, -0.1) is 0 Å². The summed E-state index contributed by atoms with van der Waals surface area (Å²) in [5.41, 5.74) is 5.53. The molecule has 0 spiro atoms. The highest BCUT2D eigenvalue weighted by Gasteiger charge is 2.49. The van der Waals surface area contributed by atoms with Gasteiger partial charge in [0.15, 0.2) is 11.6 Å². The summed E-state index contributed by atoms with van der Waals surface area (Å²) in [6.45, 7) is 2.14. The third-order valence-electron chi connectivity index (χ3n) is 6.17. The molecule has 1 heterocycles. The summed E-state index contributed by atoms with van der Waals surface area (Å²) < 4.78 is 20.3. The fraction of sp³-hybridized carbons (Fsp3) is 0.722. The first-order chi connectivity index (χ1) is 12.4. The molecular weight excluding hydrogens is 359 g/mol. The highest BCUT2D eigenvalue weighted by molar-refractivity contribution is 6.28. The lowest BCUT2D eigenvalue weighted by atomic mass is 9.61. The summed E-state index contributed by atoms with van der Waals surface area (Å²) in [6.07, 6.45) is 5.41. The van der Waals surface area contributed by atoms with E-state index in [9.17, 15) is 4.79 Å². The van der Waals surface area contributed by atoms with Crippen molar-refractivity contribution in [3.8, 4) is 0 Å². The maximum absolute atomic E-state index is 15.0. The minimum atomic E-state index is -0.751. The van der Waals surface area contributed by atoms with Crippen molar-refractivity contribution >= 4 is 23.4 Å². The van der Waals surface area contributed by atoms with Crippen LogP contribution in [-0.2, 0) is 15.1 Å². The third kappa shape index (κ3) is 3.05. The Labute approximate surface area is 157 Å². The number of carbonyl (C=O) groups excluding carboxylic acids is 1. The van der Waals surface area contributed by atoms with E-state index in [0.29, 0.717) is 25.4 Å². The first-order valence-electron chi connectivity index (χ1n) is 9.38. The molecule has 4 saturated carbocycles. The van der Waals surface area contributed by atoms with Crippen LogP contribution >= 0.6 is 11.6 Å². The quantitative estimate of drug-likeness (QED) is 0.601. The Bertz CT molecular complexity index is 719. The molecule has 1 aromatic heterocycles. The zero-order chi connectivity index (χ0) is 18.5. The van der Waals surface area contributed by atoms with E-state index in [1.54, 1.807) is 6.92 Å². The summed E-state index contributed by atoms with van der Waals surface area (Å²) in [4.78, 5) is 20.6. The topological polar surface area (TPSA) is 90.1 Å². The molecule has 1 aromatic rings. The van der Waals surface area contributed by atoms with Crippen LogP contribution in [0, 0.1) is 23.6 Å². The Balaban J connectivity index is 1.65. The maximum atomic E-state index is 15.0. The molecule has 6 nitrogen and oxygen atoms in total. The van der Waals surface area contributed by atoms with E-state index < -0.39 is 11.4 Å². The smallest absolute Gasteiger partial charge is 0.311 e. The number of carbonyl (C=O) groups is 1. The van der Waals surface area contributed by atoms with E-state index in [2.05, 4.69) is 15.3 Å². The fourth-order valence-electron chi connectivity index (χ4n) is 4.61. The zero-order valence-corrected chi connectivity index (χ0v) is 15.6. The highest BCUT2D eigenvalue weighted by atomic mass is 35.5. The second-order valence-electron chi connectivity index (χ2n) is 7.78. The van der Waals surface area contributed by atoms with Crippen molar-refractivity contribution in [3.05, 3.63) is 16.8 Å². The lowest BCUT2D eigenvalue weighted by Crippen LogP contribution is -2.52. The second-order valence-corrected chi connectivity index (χ2v) is 8.12. The summed E-state index contributed by atoms with van der Waals surface area (Å²) in [6, 6.07) is -0.206. The van der Waals surface area contributed by atoms with Crippen molar-refractivity contribution in [2.24, 2.45) is 23.5 Å². The van der Waals surface area contributed by atoms with Crippen LogP contribution in [0.25, 0.3) is 0 Å². The van der Waals surface area contributed by atoms with Crippen molar-refractivity contribution < 1.29 is 13.9 Å². The molecule has 0 aliphatic heterocycles. The molecule has 4 aliphatic carbocycles. The number of esters is 1. The average molecular weight is 383 g/mol. The van der Waals surface area contributed by atoms with Crippen molar-refractivity contribution in [2.45, 2.75) is 57.0 Å². The number of nitrogens with zero attached hydrogens (tertiary/aromatic N) is 2. The van der Waals surface area contributed by atoms with Crippen molar-refractivity contribution in [3.63, 3.8) is 0 Å². The first-order valence-corrected chi connectivity index (χ1v) is 9.76. The molecule has 4 fully saturated rings. The van der Waals surface area contributed by atoms with E-state index in [0.717, 1.165) is 25.7 Å². The molecule has 0 radical (unpaired) electrons. The minimum Gasteiger partial charge on any atom is -0.466 e. The molecule has 3 N–H and O–H groups in total. The Kier molecular flexibility index (Phi) is 4.55. The Morgan fingerprint density at radius 3 is 2.58 bits per heavy atom. The third-order valence-corrected chi connectivity index (χ3v) is 6.33. The summed E-state index contributed by atoms with van der Waals surface area (Å²) in [5.74, 6) is -0.453. The number of nitrogens with one attached hydrogen (secondary N) is 1.